The van der Waals surface area contributed by atoms with Gasteiger partial charge in [0.15, 0.2) is 6.61 Å². The summed E-state index contributed by atoms with van der Waals surface area (Å²) < 4.78 is 11.3. The molecule has 2 aliphatic heterocycles. The summed E-state index contributed by atoms with van der Waals surface area (Å²) in [5.74, 6) is -0.388. The van der Waals surface area contributed by atoms with Crippen molar-refractivity contribution >= 4 is 34.7 Å². The van der Waals surface area contributed by atoms with Gasteiger partial charge in [-0.05, 0) is 30.5 Å². The zero-order valence-electron chi connectivity index (χ0n) is 11.1. The highest BCUT2D eigenvalue weighted by Gasteiger charge is 2.37. The van der Waals surface area contributed by atoms with Gasteiger partial charge in [-0.2, -0.15) is 0 Å². The van der Waals surface area contributed by atoms with Gasteiger partial charge < -0.3 is 14.6 Å². The number of carbonyl (C=O) groups is 1. The molecule has 3 rings (SSSR count). The lowest BCUT2D eigenvalue weighted by Gasteiger charge is -2.27. The first kappa shape index (κ1) is 14.7. The van der Waals surface area contributed by atoms with Crippen LogP contribution in [0.4, 0.5) is 0 Å². The van der Waals surface area contributed by atoms with Crippen molar-refractivity contribution in [3.05, 3.63) is 39.6 Å². The van der Waals surface area contributed by atoms with Gasteiger partial charge in [0.25, 0.3) is 0 Å². The van der Waals surface area contributed by atoms with Crippen LogP contribution >= 0.6 is 23.2 Å². The van der Waals surface area contributed by atoms with Gasteiger partial charge in [0, 0.05) is 12.0 Å². The largest absolute Gasteiger partial charge is 0.483 e. The highest BCUT2D eigenvalue weighted by atomic mass is 35.5. The second-order valence-electron chi connectivity index (χ2n) is 5.18. The smallest absolute Gasteiger partial charge is 0.341 e. The molecule has 1 aromatic carbocycles. The molecule has 0 saturated carbocycles. The molecular weight excluding hydrogens is 315 g/mol. The molecule has 1 aromatic rings. The van der Waals surface area contributed by atoms with Crippen LogP contribution in [-0.2, 0) is 14.3 Å². The molecule has 6 heteroatoms. The summed E-state index contributed by atoms with van der Waals surface area (Å²) in [4.78, 5) is 10.8. The average molecular weight is 329 g/mol. The van der Waals surface area contributed by atoms with Crippen molar-refractivity contribution in [2.24, 2.45) is 0 Å². The van der Waals surface area contributed by atoms with Gasteiger partial charge in [-0.25, -0.2) is 4.79 Å². The Bertz CT molecular complexity index is 612. The molecule has 2 aliphatic rings. The lowest BCUT2D eigenvalue weighted by atomic mass is 9.97. The molecule has 0 radical (unpaired) electrons. The van der Waals surface area contributed by atoms with Crippen LogP contribution in [0.2, 0.25) is 10.0 Å². The summed E-state index contributed by atoms with van der Waals surface area (Å²) in [6, 6.07) is 5.39. The molecule has 112 valence electrons. The first-order chi connectivity index (χ1) is 10.0. The standard InChI is InChI=1S/C15H14Cl2O4/c16-11-3-1-8(5-12(11)17)10-6-9-2-4-13(21-9)15(10)20-7-14(18)19/h1,3,5,9,13H,2,4,6-7H2,(H,18,19)/t9?,13-/m1/s1. The van der Waals surface area contributed by atoms with Crippen LogP contribution < -0.4 is 0 Å². The van der Waals surface area contributed by atoms with Crippen LogP contribution in [0.1, 0.15) is 24.8 Å². The van der Waals surface area contributed by atoms with E-state index in [0.29, 0.717) is 22.2 Å². The van der Waals surface area contributed by atoms with Gasteiger partial charge in [-0.3, -0.25) is 0 Å². The highest BCUT2D eigenvalue weighted by Crippen LogP contribution is 2.42. The third-order valence-corrected chi connectivity index (χ3v) is 4.49. The van der Waals surface area contributed by atoms with E-state index in [1.54, 1.807) is 12.1 Å². The van der Waals surface area contributed by atoms with Gasteiger partial charge in [0.1, 0.15) is 11.9 Å². The van der Waals surface area contributed by atoms with Crippen LogP contribution in [-0.4, -0.2) is 29.9 Å². The summed E-state index contributed by atoms with van der Waals surface area (Å²) in [6.45, 7) is -0.370. The summed E-state index contributed by atoms with van der Waals surface area (Å²) >= 11 is 12.0. The Hall–Kier alpha value is -1.23. The fourth-order valence-electron chi connectivity index (χ4n) is 2.83. The summed E-state index contributed by atoms with van der Waals surface area (Å²) in [5, 5.41) is 9.78. The second kappa shape index (κ2) is 5.87. The van der Waals surface area contributed by atoms with Crippen LogP contribution in [0.15, 0.2) is 24.0 Å². The van der Waals surface area contributed by atoms with Crippen molar-refractivity contribution in [1.29, 1.82) is 0 Å². The van der Waals surface area contributed by atoms with Gasteiger partial charge >= 0.3 is 5.97 Å². The monoisotopic (exact) mass is 328 g/mol. The van der Waals surface area contributed by atoms with E-state index in [-0.39, 0.29) is 18.8 Å². The zero-order valence-corrected chi connectivity index (χ0v) is 12.7. The minimum absolute atomic E-state index is 0.160. The Morgan fingerprint density at radius 2 is 2.14 bits per heavy atom. The van der Waals surface area contributed by atoms with Crippen LogP contribution in [0, 0.1) is 0 Å². The third kappa shape index (κ3) is 3.03. The molecular formula is C15H14Cl2O4. The fourth-order valence-corrected chi connectivity index (χ4v) is 3.13. The molecule has 0 spiro atoms. The molecule has 0 aromatic heterocycles. The minimum Gasteiger partial charge on any atom is -0.483 e. The lowest BCUT2D eigenvalue weighted by molar-refractivity contribution is -0.141. The van der Waals surface area contributed by atoms with E-state index in [1.807, 2.05) is 6.07 Å². The SMILES string of the molecule is O=C(O)COC1=C(c2ccc(Cl)c(Cl)c2)CC2CC[C@H]1O2. The van der Waals surface area contributed by atoms with E-state index in [1.165, 1.54) is 0 Å². The average Bonchev–Trinajstić information content (AvgIpc) is 2.83. The van der Waals surface area contributed by atoms with E-state index in [4.69, 9.17) is 37.8 Å². The highest BCUT2D eigenvalue weighted by molar-refractivity contribution is 6.42. The molecule has 21 heavy (non-hydrogen) atoms. The maximum atomic E-state index is 10.8. The van der Waals surface area contributed by atoms with Gasteiger partial charge in [-0.15, -0.1) is 0 Å². The van der Waals surface area contributed by atoms with E-state index in [2.05, 4.69) is 0 Å². The number of carboxylic acid groups (broad SMARTS) is 1. The van der Waals surface area contributed by atoms with Gasteiger partial charge in [-0.1, -0.05) is 29.3 Å². The van der Waals surface area contributed by atoms with E-state index >= 15 is 0 Å². The van der Waals surface area contributed by atoms with Crippen LogP contribution in [0.25, 0.3) is 5.57 Å². The molecule has 0 aliphatic carbocycles. The number of hydrogen-bond acceptors (Lipinski definition) is 3. The van der Waals surface area contributed by atoms with Crippen molar-refractivity contribution in [3.8, 4) is 0 Å². The topological polar surface area (TPSA) is 55.8 Å². The number of rotatable bonds is 4. The van der Waals surface area contributed by atoms with Crippen LogP contribution in [0.3, 0.4) is 0 Å². The van der Waals surface area contributed by atoms with E-state index in [9.17, 15) is 4.79 Å². The Morgan fingerprint density at radius 1 is 1.33 bits per heavy atom. The number of carboxylic acids is 1. The fraction of sp³-hybridized carbons (Fsp3) is 0.400. The zero-order chi connectivity index (χ0) is 15.0. The predicted molar refractivity (Wildman–Crippen MR) is 79.5 cm³/mol. The summed E-state index contributed by atoms with van der Waals surface area (Å²) in [7, 11) is 0. The molecule has 4 nitrogen and oxygen atoms in total. The molecule has 1 fully saturated rings. The number of ether oxygens (including phenoxy) is 2. The van der Waals surface area contributed by atoms with Gasteiger partial charge in [0.05, 0.1) is 16.1 Å². The Kier molecular flexibility index (Phi) is 4.11. The predicted octanol–water partition coefficient (Wildman–Crippen LogP) is 3.76. The second-order valence-corrected chi connectivity index (χ2v) is 6.00. The number of halogens is 2. The molecule has 0 amide bonds. The van der Waals surface area contributed by atoms with Crippen molar-refractivity contribution in [3.63, 3.8) is 0 Å². The first-order valence-electron chi connectivity index (χ1n) is 6.73. The molecule has 2 bridgehead atoms. The lowest BCUT2D eigenvalue weighted by Crippen LogP contribution is -2.24. The molecule has 1 saturated heterocycles. The Balaban J connectivity index is 1.98. The quantitative estimate of drug-likeness (QED) is 0.914. The maximum absolute atomic E-state index is 10.8. The molecule has 1 N–H and O–H groups in total. The van der Waals surface area contributed by atoms with E-state index < -0.39 is 5.97 Å². The number of fused-ring (bicyclic) bond motifs is 2. The maximum Gasteiger partial charge on any atom is 0.341 e. The summed E-state index contributed by atoms with van der Waals surface area (Å²) in [5.41, 5.74) is 1.87. The molecule has 2 heterocycles. The summed E-state index contributed by atoms with van der Waals surface area (Å²) in [6.07, 6.45) is 2.51. The molecule has 1 unspecified atom stereocenters. The van der Waals surface area contributed by atoms with Crippen LogP contribution in [0.5, 0.6) is 0 Å². The van der Waals surface area contributed by atoms with Gasteiger partial charge in [0.2, 0.25) is 0 Å². The minimum atomic E-state index is -1.00. The van der Waals surface area contributed by atoms with E-state index in [0.717, 1.165) is 24.0 Å². The normalized spacial score (nSPS) is 24.3. The Morgan fingerprint density at radius 3 is 2.86 bits per heavy atom. The van der Waals surface area contributed by atoms with Crippen molar-refractivity contribution < 1.29 is 19.4 Å². The Labute approximate surface area is 132 Å². The third-order valence-electron chi connectivity index (χ3n) is 3.75. The van der Waals surface area contributed by atoms with Crippen molar-refractivity contribution in [2.45, 2.75) is 31.5 Å². The number of benzene rings is 1. The van der Waals surface area contributed by atoms with Crippen molar-refractivity contribution in [1.82, 2.24) is 0 Å². The number of aliphatic carboxylic acids is 1. The number of hydrogen-bond donors (Lipinski definition) is 1. The first-order valence-corrected chi connectivity index (χ1v) is 7.48. The van der Waals surface area contributed by atoms with Crippen molar-refractivity contribution in [2.75, 3.05) is 6.61 Å². The molecule has 2 atom stereocenters.